The monoisotopic (exact) mass is 325 g/mol. The van der Waals surface area contributed by atoms with Gasteiger partial charge in [-0.3, -0.25) is 10.1 Å². The van der Waals surface area contributed by atoms with E-state index in [1.807, 2.05) is 6.07 Å². The number of hydrogen-bond donors (Lipinski definition) is 2. The predicted molar refractivity (Wildman–Crippen MR) is 72.7 cm³/mol. The Kier molecular flexibility index (Phi) is 4.02. The minimum absolute atomic E-state index is 0.0635. The first-order valence-corrected chi connectivity index (χ1v) is 6.60. The lowest BCUT2D eigenvalue weighted by Gasteiger charge is -2.35. The zero-order valence-electron chi connectivity index (χ0n) is 9.97. The fourth-order valence-corrected chi connectivity index (χ4v) is 2.68. The molecule has 0 saturated heterocycles. The Balaban J connectivity index is 2.23. The molecule has 1 aromatic carbocycles. The van der Waals surface area contributed by atoms with Crippen molar-refractivity contribution < 1.29 is 10.0 Å². The van der Waals surface area contributed by atoms with Crippen molar-refractivity contribution in [2.75, 3.05) is 11.9 Å². The molecule has 19 heavy (non-hydrogen) atoms. The van der Waals surface area contributed by atoms with Crippen molar-refractivity contribution in [2.45, 2.75) is 18.9 Å². The number of nitriles is 1. The highest BCUT2D eigenvalue weighted by molar-refractivity contribution is 9.10. The molecule has 100 valence electrons. The minimum Gasteiger partial charge on any atom is -0.396 e. The molecule has 0 atom stereocenters. The van der Waals surface area contributed by atoms with Gasteiger partial charge in [-0.1, -0.05) is 0 Å². The third kappa shape index (κ3) is 2.85. The largest absolute Gasteiger partial charge is 0.396 e. The molecular weight excluding hydrogens is 314 g/mol. The fourth-order valence-electron chi connectivity index (χ4n) is 2.15. The Labute approximate surface area is 118 Å². The number of hydrogen-bond acceptors (Lipinski definition) is 5. The van der Waals surface area contributed by atoms with Crippen molar-refractivity contribution in [3.8, 4) is 6.07 Å². The number of anilines is 1. The van der Waals surface area contributed by atoms with E-state index in [0.29, 0.717) is 15.7 Å². The summed E-state index contributed by atoms with van der Waals surface area (Å²) in [5.74, 6) is 0.283. The molecule has 0 unspecified atom stereocenters. The topological polar surface area (TPSA) is 99.2 Å². The molecule has 2 rings (SSSR count). The second-order valence-electron chi connectivity index (χ2n) is 4.58. The van der Waals surface area contributed by atoms with Gasteiger partial charge in [-0.05, 0) is 34.7 Å². The van der Waals surface area contributed by atoms with E-state index in [-0.39, 0.29) is 24.3 Å². The van der Waals surface area contributed by atoms with Gasteiger partial charge in [0.1, 0.15) is 6.07 Å². The number of rotatable bonds is 4. The third-order valence-corrected chi connectivity index (χ3v) is 3.88. The maximum atomic E-state index is 10.8. The molecule has 0 aromatic heterocycles. The second kappa shape index (κ2) is 5.55. The number of halogens is 1. The summed E-state index contributed by atoms with van der Waals surface area (Å²) in [6.07, 6.45) is 1.61. The highest BCUT2D eigenvalue weighted by Crippen LogP contribution is 2.34. The van der Waals surface area contributed by atoms with Crippen LogP contribution in [0.2, 0.25) is 0 Å². The van der Waals surface area contributed by atoms with Crippen molar-refractivity contribution in [2.24, 2.45) is 5.92 Å². The lowest BCUT2D eigenvalue weighted by molar-refractivity contribution is -0.384. The van der Waals surface area contributed by atoms with E-state index in [2.05, 4.69) is 21.2 Å². The molecule has 0 bridgehead atoms. The molecular formula is C12H12BrN3O3. The number of aliphatic hydroxyl groups is 1. The van der Waals surface area contributed by atoms with E-state index >= 15 is 0 Å². The van der Waals surface area contributed by atoms with Crippen molar-refractivity contribution >= 4 is 27.3 Å². The first kappa shape index (κ1) is 13.8. The number of nitrogens with zero attached hydrogens (tertiary/aromatic N) is 2. The molecule has 1 aliphatic rings. The van der Waals surface area contributed by atoms with Crippen molar-refractivity contribution in [3.05, 3.63) is 32.3 Å². The van der Waals surface area contributed by atoms with E-state index in [0.717, 1.165) is 12.8 Å². The average molecular weight is 326 g/mol. The van der Waals surface area contributed by atoms with Crippen LogP contribution in [-0.4, -0.2) is 22.7 Å². The molecule has 1 aromatic rings. The van der Waals surface area contributed by atoms with Crippen LogP contribution in [0.1, 0.15) is 18.4 Å². The first-order valence-electron chi connectivity index (χ1n) is 5.80. The summed E-state index contributed by atoms with van der Waals surface area (Å²) in [5, 5.41) is 32.0. The summed E-state index contributed by atoms with van der Waals surface area (Å²) < 4.78 is 0.407. The van der Waals surface area contributed by atoms with Crippen molar-refractivity contribution in [1.82, 2.24) is 0 Å². The smallest absolute Gasteiger partial charge is 0.272 e. The molecule has 0 heterocycles. The quantitative estimate of drug-likeness (QED) is 0.654. The van der Waals surface area contributed by atoms with E-state index in [4.69, 9.17) is 10.4 Å². The van der Waals surface area contributed by atoms with E-state index in [9.17, 15) is 10.1 Å². The van der Waals surface area contributed by atoms with Gasteiger partial charge in [0.15, 0.2) is 0 Å². The number of aliphatic hydroxyl groups excluding tert-OH is 1. The van der Waals surface area contributed by atoms with Gasteiger partial charge < -0.3 is 10.4 Å². The van der Waals surface area contributed by atoms with Crippen LogP contribution < -0.4 is 5.32 Å². The maximum absolute atomic E-state index is 10.8. The third-order valence-electron chi connectivity index (χ3n) is 3.25. The molecule has 6 nitrogen and oxygen atoms in total. The number of nitro groups is 1. The molecule has 1 aliphatic carbocycles. The number of nitrogens with one attached hydrogen (secondary N) is 1. The standard InChI is InChI=1S/C12H12BrN3O3/c13-11-3-9(16(18)19)4-12(10(11)5-14)15-8-1-7(2-8)6-17/h3-4,7-8,15,17H,1-2,6H2. The van der Waals surface area contributed by atoms with Gasteiger partial charge in [-0.15, -0.1) is 0 Å². The van der Waals surface area contributed by atoms with Gasteiger partial charge in [0, 0.05) is 29.3 Å². The average Bonchev–Trinajstić information content (AvgIpc) is 2.32. The van der Waals surface area contributed by atoms with Gasteiger partial charge in [-0.2, -0.15) is 5.26 Å². The van der Waals surface area contributed by atoms with Gasteiger partial charge in [0.2, 0.25) is 0 Å². The van der Waals surface area contributed by atoms with E-state index in [1.165, 1.54) is 12.1 Å². The first-order chi connectivity index (χ1) is 9.05. The van der Waals surface area contributed by atoms with Crippen LogP contribution in [0.5, 0.6) is 0 Å². The molecule has 0 radical (unpaired) electrons. The zero-order chi connectivity index (χ0) is 14.0. The van der Waals surface area contributed by atoms with Gasteiger partial charge in [-0.25, -0.2) is 0 Å². The van der Waals surface area contributed by atoms with Crippen LogP contribution in [0.15, 0.2) is 16.6 Å². The highest BCUT2D eigenvalue weighted by atomic mass is 79.9. The van der Waals surface area contributed by atoms with Crippen molar-refractivity contribution in [3.63, 3.8) is 0 Å². The second-order valence-corrected chi connectivity index (χ2v) is 5.43. The minimum atomic E-state index is -0.492. The van der Waals surface area contributed by atoms with E-state index in [1.54, 1.807) is 0 Å². The normalized spacial score (nSPS) is 21.3. The highest BCUT2D eigenvalue weighted by Gasteiger charge is 2.29. The Morgan fingerprint density at radius 1 is 1.58 bits per heavy atom. The molecule has 0 aliphatic heterocycles. The Bertz CT molecular complexity index is 550. The Morgan fingerprint density at radius 2 is 2.26 bits per heavy atom. The summed E-state index contributed by atoms with van der Waals surface area (Å²) >= 11 is 3.17. The number of nitro benzene ring substituents is 1. The summed E-state index contributed by atoms with van der Waals surface area (Å²) in [6.45, 7) is 0.155. The summed E-state index contributed by atoms with van der Waals surface area (Å²) in [4.78, 5) is 10.3. The Morgan fingerprint density at radius 3 is 2.79 bits per heavy atom. The summed E-state index contributed by atoms with van der Waals surface area (Å²) in [7, 11) is 0. The van der Waals surface area contributed by atoms with Crippen LogP contribution >= 0.6 is 15.9 Å². The molecule has 1 fully saturated rings. The van der Waals surface area contributed by atoms with Crippen LogP contribution in [-0.2, 0) is 0 Å². The molecule has 1 saturated carbocycles. The number of non-ortho nitro benzene ring substituents is 1. The van der Waals surface area contributed by atoms with Crippen LogP contribution in [0.4, 0.5) is 11.4 Å². The maximum Gasteiger partial charge on any atom is 0.272 e. The molecule has 2 N–H and O–H groups in total. The predicted octanol–water partition coefficient (Wildman–Crippen LogP) is 2.41. The van der Waals surface area contributed by atoms with Crippen LogP contribution in [0.25, 0.3) is 0 Å². The Hall–Kier alpha value is -1.65. The zero-order valence-corrected chi connectivity index (χ0v) is 11.6. The SMILES string of the molecule is N#Cc1c(Br)cc([N+](=O)[O-])cc1NC1CC(CO)C1. The van der Waals surface area contributed by atoms with Gasteiger partial charge in [0.25, 0.3) is 5.69 Å². The molecule has 0 amide bonds. The van der Waals surface area contributed by atoms with Crippen LogP contribution in [0, 0.1) is 27.4 Å². The molecule has 0 spiro atoms. The van der Waals surface area contributed by atoms with Crippen molar-refractivity contribution in [1.29, 1.82) is 5.26 Å². The number of benzene rings is 1. The lowest BCUT2D eigenvalue weighted by Crippen LogP contribution is -2.37. The summed E-state index contributed by atoms with van der Waals surface area (Å²) in [5.41, 5.74) is 0.759. The fraction of sp³-hybridized carbons (Fsp3) is 0.417. The van der Waals surface area contributed by atoms with Crippen LogP contribution in [0.3, 0.4) is 0 Å². The van der Waals surface area contributed by atoms with E-state index < -0.39 is 4.92 Å². The van der Waals surface area contributed by atoms with Gasteiger partial charge in [0.05, 0.1) is 16.2 Å². The summed E-state index contributed by atoms with van der Waals surface area (Å²) in [6, 6.07) is 4.87. The van der Waals surface area contributed by atoms with Gasteiger partial charge >= 0.3 is 0 Å². The lowest BCUT2D eigenvalue weighted by atomic mass is 9.81. The molecule has 7 heteroatoms.